The molecule has 2 N–H and O–H groups in total. The van der Waals surface area contributed by atoms with Gasteiger partial charge >= 0.3 is 0 Å². The van der Waals surface area contributed by atoms with E-state index in [2.05, 4.69) is 18.9 Å². The number of halogens is 1. The van der Waals surface area contributed by atoms with E-state index in [0.717, 1.165) is 48.1 Å². The van der Waals surface area contributed by atoms with Crippen molar-refractivity contribution in [2.45, 2.75) is 77.8 Å². The molecule has 1 atom stereocenters. The maximum absolute atomic E-state index is 6.46. The van der Waals surface area contributed by atoms with Crippen molar-refractivity contribution >= 4 is 11.6 Å². The van der Waals surface area contributed by atoms with Crippen molar-refractivity contribution in [2.24, 2.45) is 11.7 Å². The predicted molar refractivity (Wildman–Crippen MR) is 85.2 cm³/mol. The quantitative estimate of drug-likeness (QED) is 0.864. The zero-order chi connectivity index (χ0) is 14.5. The molecule has 3 nitrogen and oxygen atoms in total. The fourth-order valence-electron chi connectivity index (χ4n) is 3.39. The average molecular weight is 298 g/mol. The van der Waals surface area contributed by atoms with Crippen LogP contribution in [0.3, 0.4) is 0 Å². The molecule has 1 aliphatic carbocycles. The van der Waals surface area contributed by atoms with Crippen LogP contribution >= 0.6 is 11.6 Å². The van der Waals surface area contributed by atoms with Crippen LogP contribution in [-0.2, 0) is 19.4 Å². The van der Waals surface area contributed by atoms with Crippen LogP contribution in [0.4, 0.5) is 0 Å². The van der Waals surface area contributed by atoms with Gasteiger partial charge in [-0.1, -0.05) is 50.6 Å². The normalized spacial score (nSPS) is 18.4. The van der Waals surface area contributed by atoms with Crippen molar-refractivity contribution < 1.29 is 0 Å². The highest BCUT2D eigenvalue weighted by Gasteiger charge is 2.20. The summed E-state index contributed by atoms with van der Waals surface area (Å²) in [4.78, 5) is 0. The molecule has 0 saturated heterocycles. The third-order valence-corrected chi connectivity index (χ3v) is 4.95. The number of hydrogen-bond acceptors (Lipinski definition) is 2. The first-order chi connectivity index (χ1) is 9.65. The van der Waals surface area contributed by atoms with Gasteiger partial charge in [-0.15, -0.1) is 0 Å². The maximum Gasteiger partial charge on any atom is 0.0850 e. The Kier molecular flexibility index (Phi) is 5.91. The molecule has 0 aromatic carbocycles. The zero-order valence-electron chi connectivity index (χ0n) is 12.9. The van der Waals surface area contributed by atoms with Crippen LogP contribution in [0.25, 0.3) is 0 Å². The van der Waals surface area contributed by atoms with Crippen molar-refractivity contribution in [3.63, 3.8) is 0 Å². The van der Waals surface area contributed by atoms with Crippen molar-refractivity contribution in [3.8, 4) is 0 Å². The topological polar surface area (TPSA) is 43.8 Å². The molecule has 114 valence electrons. The van der Waals surface area contributed by atoms with Crippen LogP contribution in [0.5, 0.6) is 0 Å². The predicted octanol–water partition coefficient (Wildman–Crippen LogP) is 3.96. The first-order valence-electron chi connectivity index (χ1n) is 8.15. The highest BCUT2D eigenvalue weighted by atomic mass is 35.5. The van der Waals surface area contributed by atoms with Crippen LogP contribution in [-0.4, -0.2) is 15.8 Å². The van der Waals surface area contributed by atoms with Gasteiger partial charge in [-0.25, -0.2) is 0 Å². The van der Waals surface area contributed by atoms with Crippen molar-refractivity contribution in [1.82, 2.24) is 9.78 Å². The SMILES string of the molecule is CCc1nn(CC)c(CC(N)CC2CCCCC2)c1Cl. The van der Waals surface area contributed by atoms with Crippen LogP contribution in [0.2, 0.25) is 5.02 Å². The lowest BCUT2D eigenvalue weighted by Crippen LogP contribution is -2.28. The zero-order valence-corrected chi connectivity index (χ0v) is 13.6. The van der Waals surface area contributed by atoms with Gasteiger partial charge in [0.2, 0.25) is 0 Å². The van der Waals surface area contributed by atoms with Gasteiger partial charge in [-0.05, 0) is 25.7 Å². The number of nitrogens with two attached hydrogens (primary N) is 1. The number of nitrogens with zero attached hydrogens (tertiary/aromatic N) is 2. The summed E-state index contributed by atoms with van der Waals surface area (Å²) in [6.07, 6.45) is 9.75. The van der Waals surface area contributed by atoms with Gasteiger partial charge in [0, 0.05) is 19.0 Å². The first-order valence-corrected chi connectivity index (χ1v) is 8.53. The molecule has 0 radical (unpaired) electrons. The maximum atomic E-state index is 6.46. The van der Waals surface area contributed by atoms with E-state index in [4.69, 9.17) is 17.3 Å². The lowest BCUT2D eigenvalue weighted by molar-refractivity contribution is 0.315. The Morgan fingerprint density at radius 2 is 2.00 bits per heavy atom. The molecule has 0 amide bonds. The second kappa shape index (κ2) is 7.46. The number of hydrogen-bond donors (Lipinski definition) is 1. The first kappa shape index (κ1) is 15.8. The Hall–Kier alpha value is -0.540. The summed E-state index contributed by atoms with van der Waals surface area (Å²) in [5, 5.41) is 5.42. The number of aromatic nitrogens is 2. The van der Waals surface area contributed by atoms with Gasteiger partial charge in [0.15, 0.2) is 0 Å². The van der Waals surface area contributed by atoms with E-state index >= 15 is 0 Å². The molecule has 1 heterocycles. The van der Waals surface area contributed by atoms with E-state index < -0.39 is 0 Å². The monoisotopic (exact) mass is 297 g/mol. The van der Waals surface area contributed by atoms with Gasteiger partial charge in [-0.3, -0.25) is 4.68 Å². The Bertz CT molecular complexity index is 422. The Balaban J connectivity index is 1.99. The third-order valence-electron chi connectivity index (χ3n) is 4.51. The molecule has 0 bridgehead atoms. The number of rotatable bonds is 6. The summed E-state index contributed by atoms with van der Waals surface area (Å²) in [5.74, 6) is 0.821. The Morgan fingerprint density at radius 3 is 2.60 bits per heavy atom. The molecule has 1 saturated carbocycles. The van der Waals surface area contributed by atoms with E-state index in [-0.39, 0.29) is 6.04 Å². The molecule has 20 heavy (non-hydrogen) atoms. The van der Waals surface area contributed by atoms with Gasteiger partial charge < -0.3 is 5.73 Å². The summed E-state index contributed by atoms with van der Waals surface area (Å²) in [5.41, 5.74) is 8.52. The molecule has 1 unspecified atom stereocenters. The second-order valence-corrected chi connectivity index (χ2v) is 6.46. The minimum Gasteiger partial charge on any atom is -0.327 e. The van der Waals surface area contributed by atoms with Gasteiger partial charge in [-0.2, -0.15) is 5.10 Å². The summed E-state index contributed by atoms with van der Waals surface area (Å²) in [6.45, 7) is 5.07. The van der Waals surface area contributed by atoms with Crippen molar-refractivity contribution in [2.75, 3.05) is 0 Å². The lowest BCUT2D eigenvalue weighted by atomic mass is 9.84. The van der Waals surface area contributed by atoms with Crippen LogP contribution < -0.4 is 5.73 Å². The van der Waals surface area contributed by atoms with Crippen LogP contribution in [0, 0.1) is 5.92 Å². The van der Waals surface area contributed by atoms with Crippen LogP contribution in [0.1, 0.15) is 63.8 Å². The smallest absolute Gasteiger partial charge is 0.0850 e. The Labute approximate surface area is 127 Å². The summed E-state index contributed by atoms with van der Waals surface area (Å²) in [7, 11) is 0. The molecular formula is C16H28ClN3. The third kappa shape index (κ3) is 3.76. The average Bonchev–Trinajstić information content (AvgIpc) is 2.76. The molecule has 2 rings (SSSR count). The molecule has 4 heteroatoms. The lowest BCUT2D eigenvalue weighted by Gasteiger charge is -2.24. The minimum absolute atomic E-state index is 0.210. The van der Waals surface area contributed by atoms with Crippen molar-refractivity contribution in [3.05, 3.63) is 16.4 Å². The van der Waals surface area contributed by atoms with E-state index in [1.54, 1.807) is 0 Å². The Morgan fingerprint density at radius 1 is 1.30 bits per heavy atom. The molecule has 1 aromatic heterocycles. The largest absolute Gasteiger partial charge is 0.327 e. The van der Waals surface area contributed by atoms with Crippen LogP contribution in [0.15, 0.2) is 0 Å². The molecular weight excluding hydrogens is 270 g/mol. The highest BCUT2D eigenvalue weighted by molar-refractivity contribution is 6.31. The van der Waals surface area contributed by atoms with E-state index in [1.165, 1.54) is 32.1 Å². The van der Waals surface area contributed by atoms with E-state index in [9.17, 15) is 0 Å². The van der Waals surface area contributed by atoms with Gasteiger partial charge in [0.05, 0.1) is 16.4 Å². The summed E-state index contributed by atoms with van der Waals surface area (Å²) in [6, 6.07) is 0.210. The summed E-state index contributed by atoms with van der Waals surface area (Å²) >= 11 is 6.46. The second-order valence-electron chi connectivity index (χ2n) is 6.08. The highest BCUT2D eigenvalue weighted by Crippen LogP contribution is 2.29. The van der Waals surface area contributed by atoms with E-state index in [1.807, 2.05) is 4.68 Å². The molecule has 1 aliphatic rings. The molecule has 0 spiro atoms. The van der Waals surface area contributed by atoms with Gasteiger partial charge in [0.1, 0.15) is 0 Å². The van der Waals surface area contributed by atoms with Gasteiger partial charge in [0.25, 0.3) is 0 Å². The van der Waals surface area contributed by atoms with E-state index in [0.29, 0.717) is 0 Å². The minimum atomic E-state index is 0.210. The molecule has 1 aromatic rings. The standard InChI is InChI=1S/C16H28ClN3/c1-3-14-16(17)15(20(4-2)19-14)11-13(18)10-12-8-6-5-7-9-12/h12-13H,3-11,18H2,1-2H3. The molecule has 1 fully saturated rings. The molecule has 0 aliphatic heterocycles. The van der Waals surface area contributed by atoms with Crippen molar-refractivity contribution in [1.29, 1.82) is 0 Å². The summed E-state index contributed by atoms with van der Waals surface area (Å²) < 4.78 is 2.03. The number of aryl methyl sites for hydroxylation is 2. The fraction of sp³-hybridized carbons (Fsp3) is 0.812. The fourth-order valence-corrected chi connectivity index (χ4v) is 3.74.